The van der Waals surface area contributed by atoms with Gasteiger partial charge in [0.1, 0.15) is 9.88 Å². The van der Waals surface area contributed by atoms with Crippen LogP contribution in [0.3, 0.4) is 0 Å². The van der Waals surface area contributed by atoms with Gasteiger partial charge in [-0.1, -0.05) is 59.3 Å². The van der Waals surface area contributed by atoms with Crippen molar-refractivity contribution in [2.24, 2.45) is 5.92 Å². The predicted molar refractivity (Wildman–Crippen MR) is 133 cm³/mol. The number of rotatable bonds is 7. The molecule has 2 N–H and O–H groups in total. The minimum atomic E-state index is -0.766. The first kappa shape index (κ1) is 23.3. The number of aliphatic hydroxyl groups excluding tert-OH is 1. The summed E-state index contributed by atoms with van der Waals surface area (Å²) in [4.78, 5) is 23.1. The summed E-state index contributed by atoms with van der Waals surface area (Å²) in [5.74, 6) is -0.250. The second kappa shape index (κ2) is 10.1. The fourth-order valence-electron chi connectivity index (χ4n) is 4.27. The standard InChI is InChI=1S/C26H26N4O4S/c1-16-4-6-19(7-5-16)25-27-13-22(35-25)24-28-23(29-34-24)18-10-8-17(9-11-18)21(31)15-30-12-2-3-20(14-30)26(32)33/h4-11,13,20-21,31H,2-3,12,14-15H2,1H3,(H,32,33)/t20-,21?/m0/s1. The predicted octanol–water partition coefficient (Wildman–Crippen LogP) is 4.67. The lowest BCUT2D eigenvalue weighted by Crippen LogP contribution is -2.40. The van der Waals surface area contributed by atoms with Crippen molar-refractivity contribution in [2.45, 2.75) is 25.9 Å². The molecular formula is C26H26N4O4S. The molecule has 2 aromatic carbocycles. The van der Waals surface area contributed by atoms with E-state index in [2.05, 4.69) is 34.2 Å². The van der Waals surface area contributed by atoms with E-state index in [0.717, 1.165) is 39.5 Å². The Morgan fingerprint density at radius 3 is 2.66 bits per heavy atom. The molecule has 1 saturated heterocycles. The molecule has 0 radical (unpaired) electrons. The molecule has 2 aromatic heterocycles. The van der Waals surface area contributed by atoms with Crippen LogP contribution in [-0.2, 0) is 4.79 Å². The van der Waals surface area contributed by atoms with Crippen LogP contribution in [0.15, 0.2) is 59.3 Å². The second-order valence-corrected chi connectivity index (χ2v) is 9.92. The SMILES string of the molecule is Cc1ccc(-c2ncc(-c3nc(-c4ccc(C(O)CN5CCC[C@H](C(=O)O)C5)cc4)no3)s2)cc1. The van der Waals surface area contributed by atoms with Gasteiger partial charge in [-0.05, 0) is 31.9 Å². The number of piperidine rings is 1. The molecule has 3 heterocycles. The first-order chi connectivity index (χ1) is 17.0. The van der Waals surface area contributed by atoms with Crippen LogP contribution in [0, 0.1) is 12.8 Å². The number of benzene rings is 2. The summed E-state index contributed by atoms with van der Waals surface area (Å²) in [7, 11) is 0. The molecule has 9 heteroatoms. The van der Waals surface area contributed by atoms with Crippen LogP contribution in [0.2, 0.25) is 0 Å². The minimum absolute atomic E-state index is 0.364. The Bertz CT molecular complexity index is 1300. The van der Waals surface area contributed by atoms with Gasteiger partial charge in [0, 0.05) is 24.2 Å². The van der Waals surface area contributed by atoms with Crippen LogP contribution >= 0.6 is 11.3 Å². The molecule has 0 saturated carbocycles. The van der Waals surface area contributed by atoms with E-state index in [-0.39, 0.29) is 5.92 Å². The number of thiazole rings is 1. The Kier molecular flexibility index (Phi) is 6.72. The maximum absolute atomic E-state index is 11.3. The highest BCUT2D eigenvalue weighted by Crippen LogP contribution is 2.32. The number of hydrogen-bond donors (Lipinski definition) is 2. The lowest BCUT2D eigenvalue weighted by atomic mass is 9.97. The topological polar surface area (TPSA) is 113 Å². The number of hydrogen-bond acceptors (Lipinski definition) is 8. The van der Waals surface area contributed by atoms with E-state index >= 15 is 0 Å². The summed E-state index contributed by atoms with van der Waals surface area (Å²) in [5, 5.41) is 25.0. The van der Waals surface area contributed by atoms with E-state index in [1.807, 2.05) is 41.3 Å². The molecule has 0 aliphatic carbocycles. The first-order valence-corrected chi connectivity index (χ1v) is 12.4. The average molecular weight is 491 g/mol. The van der Waals surface area contributed by atoms with Gasteiger partial charge in [-0.25, -0.2) is 4.98 Å². The Morgan fingerprint density at radius 1 is 1.17 bits per heavy atom. The van der Waals surface area contributed by atoms with Gasteiger partial charge in [0.05, 0.1) is 18.2 Å². The van der Waals surface area contributed by atoms with E-state index < -0.39 is 12.1 Å². The molecule has 0 spiro atoms. The largest absolute Gasteiger partial charge is 0.481 e. The molecule has 35 heavy (non-hydrogen) atoms. The number of carbonyl (C=O) groups is 1. The average Bonchev–Trinajstić information content (AvgIpc) is 3.55. The number of likely N-dealkylation sites (tertiary alicyclic amines) is 1. The van der Waals surface area contributed by atoms with E-state index in [1.54, 1.807) is 6.20 Å². The number of β-amino-alcohol motifs (C(OH)–C–C–N with tert-alkyl or cyclic N) is 1. The Balaban J connectivity index is 1.25. The van der Waals surface area contributed by atoms with Gasteiger partial charge in [-0.3, -0.25) is 9.69 Å². The van der Waals surface area contributed by atoms with Gasteiger partial charge in [-0.2, -0.15) is 4.98 Å². The summed E-state index contributed by atoms with van der Waals surface area (Å²) in [6, 6.07) is 15.6. The van der Waals surface area contributed by atoms with Crippen molar-refractivity contribution in [1.29, 1.82) is 0 Å². The van der Waals surface area contributed by atoms with E-state index in [1.165, 1.54) is 16.9 Å². The third kappa shape index (κ3) is 5.32. The van der Waals surface area contributed by atoms with E-state index in [9.17, 15) is 15.0 Å². The first-order valence-electron chi connectivity index (χ1n) is 11.6. The zero-order valence-electron chi connectivity index (χ0n) is 19.3. The van der Waals surface area contributed by atoms with Gasteiger partial charge in [-0.15, -0.1) is 11.3 Å². The number of carboxylic acids is 1. The van der Waals surface area contributed by atoms with Crippen molar-refractivity contribution in [2.75, 3.05) is 19.6 Å². The van der Waals surface area contributed by atoms with Crippen LogP contribution in [0.1, 0.15) is 30.1 Å². The van der Waals surface area contributed by atoms with Gasteiger partial charge in [0.2, 0.25) is 5.82 Å². The third-order valence-electron chi connectivity index (χ3n) is 6.28. The van der Waals surface area contributed by atoms with Crippen molar-refractivity contribution in [3.05, 3.63) is 65.9 Å². The smallest absolute Gasteiger partial charge is 0.307 e. The Morgan fingerprint density at radius 2 is 1.91 bits per heavy atom. The van der Waals surface area contributed by atoms with Crippen molar-refractivity contribution in [3.63, 3.8) is 0 Å². The molecule has 0 amide bonds. The quantitative estimate of drug-likeness (QED) is 0.384. The van der Waals surface area contributed by atoms with Crippen molar-refractivity contribution < 1.29 is 19.5 Å². The fourth-order valence-corrected chi connectivity index (χ4v) is 5.11. The Labute approximate surface area is 206 Å². The molecule has 180 valence electrons. The summed E-state index contributed by atoms with van der Waals surface area (Å²) >= 11 is 1.50. The van der Waals surface area contributed by atoms with Gasteiger partial charge < -0.3 is 14.7 Å². The summed E-state index contributed by atoms with van der Waals surface area (Å²) in [6.07, 6.45) is 2.56. The fraction of sp³-hybridized carbons (Fsp3) is 0.308. The molecule has 1 fully saturated rings. The molecule has 5 rings (SSSR count). The summed E-state index contributed by atoms with van der Waals surface area (Å²) in [6.45, 7) is 3.73. The second-order valence-electron chi connectivity index (χ2n) is 8.89. The van der Waals surface area contributed by atoms with Crippen LogP contribution < -0.4 is 0 Å². The molecule has 1 aliphatic rings. The highest BCUT2D eigenvalue weighted by molar-refractivity contribution is 7.18. The molecule has 4 aromatic rings. The maximum atomic E-state index is 11.3. The normalized spacial score (nSPS) is 17.4. The zero-order chi connectivity index (χ0) is 24.4. The number of aromatic nitrogens is 3. The van der Waals surface area contributed by atoms with Gasteiger partial charge in [0.25, 0.3) is 5.89 Å². The highest BCUT2D eigenvalue weighted by Gasteiger charge is 2.26. The Hall–Kier alpha value is -3.40. The van der Waals surface area contributed by atoms with Crippen LogP contribution in [0.25, 0.3) is 32.7 Å². The molecule has 1 aliphatic heterocycles. The van der Waals surface area contributed by atoms with Crippen LogP contribution in [-0.4, -0.2) is 55.8 Å². The third-order valence-corrected chi connectivity index (χ3v) is 7.31. The number of aryl methyl sites for hydroxylation is 1. The molecular weight excluding hydrogens is 464 g/mol. The van der Waals surface area contributed by atoms with E-state index in [4.69, 9.17) is 4.52 Å². The number of aliphatic hydroxyl groups is 1. The van der Waals surface area contributed by atoms with Crippen LogP contribution in [0.5, 0.6) is 0 Å². The summed E-state index contributed by atoms with van der Waals surface area (Å²) < 4.78 is 5.49. The molecule has 0 bridgehead atoms. The number of aliphatic carboxylic acids is 1. The molecule has 8 nitrogen and oxygen atoms in total. The van der Waals surface area contributed by atoms with Gasteiger partial charge in [0.15, 0.2) is 0 Å². The highest BCUT2D eigenvalue weighted by atomic mass is 32.1. The monoisotopic (exact) mass is 490 g/mol. The van der Waals surface area contributed by atoms with E-state index in [0.29, 0.717) is 31.2 Å². The minimum Gasteiger partial charge on any atom is -0.481 e. The molecule has 2 atom stereocenters. The number of carboxylic acid groups (broad SMARTS) is 1. The zero-order valence-corrected chi connectivity index (χ0v) is 20.1. The lowest BCUT2D eigenvalue weighted by molar-refractivity contribution is -0.143. The van der Waals surface area contributed by atoms with Crippen molar-refractivity contribution in [3.8, 4) is 32.7 Å². The maximum Gasteiger partial charge on any atom is 0.307 e. The van der Waals surface area contributed by atoms with Gasteiger partial charge >= 0.3 is 5.97 Å². The van der Waals surface area contributed by atoms with Crippen molar-refractivity contribution >= 4 is 17.3 Å². The van der Waals surface area contributed by atoms with Crippen LogP contribution in [0.4, 0.5) is 0 Å². The molecule has 1 unspecified atom stereocenters. The lowest BCUT2D eigenvalue weighted by Gasteiger charge is -2.32. The van der Waals surface area contributed by atoms with Crippen molar-refractivity contribution in [1.82, 2.24) is 20.0 Å². The summed E-state index contributed by atoms with van der Waals surface area (Å²) in [5.41, 5.74) is 3.79. The number of nitrogens with zero attached hydrogens (tertiary/aromatic N) is 4.